The third kappa shape index (κ3) is 2.66. The smallest absolute Gasteiger partial charge is 0.230 e. The molecule has 0 radical (unpaired) electrons. The van der Waals surface area contributed by atoms with E-state index in [1.54, 1.807) is 13.8 Å². The molecule has 0 bridgehead atoms. The minimum atomic E-state index is 0.249. The number of ketones is 1. The van der Waals surface area contributed by atoms with Crippen LogP contribution in [0.1, 0.15) is 38.0 Å². The predicted molar refractivity (Wildman–Crippen MR) is 57.8 cm³/mol. The van der Waals surface area contributed by atoms with Gasteiger partial charge in [0.2, 0.25) is 11.8 Å². The van der Waals surface area contributed by atoms with Crippen LogP contribution in [0.25, 0.3) is 0 Å². The molecule has 1 saturated heterocycles. The first-order chi connectivity index (χ1) is 7.65. The number of Topliss-reactive ketones (excluding diaryl/α,β-unsaturated/α-hetero) is 1. The second-order valence-corrected chi connectivity index (χ2v) is 4.39. The number of aromatic nitrogens is 2. The summed E-state index contributed by atoms with van der Waals surface area (Å²) in [5.74, 6) is 1.49. The second kappa shape index (κ2) is 4.74. The van der Waals surface area contributed by atoms with E-state index >= 15 is 0 Å². The maximum Gasteiger partial charge on any atom is 0.230 e. The first kappa shape index (κ1) is 11.3. The summed E-state index contributed by atoms with van der Waals surface area (Å²) in [6.45, 7) is 5.11. The Morgan fingerprint density at radius 2 is 2.38 bits per heavy atom. The van der Waals surface area contributed by atoms with Crippen molar-refractivity contribution in [3.8, 4) is 0 Å². The van der Waals surface area contributed by atoms with Gasteiger partial charge in [-0.1, -0.05) is 0 Å². The number of aryl methyl sites for hydroxylation is 1. The molecule has 16 heavy (non-hydrogen) atoms. The fourth-order valence-electron chi connectivity index (χ4n) is 2.24. The second-order valence-electron chi connectivity index (χ2n) is 4.39. The standard InChI is InChI=1S/C11H17N3O2/c1-8(15)6-10-4-3-5-14(10)7-11-13-12-9(2)16-11/h10H,3-7H2,1-2H3. The average Bonchev–Trinajstić information content (AvgIpc) is 2.77. The normalized spacial score (nSPS) is 21.5. The molecule has 2 rings (SSSR count). The highest BCUT2D eigenvalue weighted by Crippen LogP contribution is 2.22. The number of nitrogens with zero attached hydrogens (tertiary/aromatic N) is 3. The Labute approximate surface area is 94.8 Å². The van der Waals surface area contributed by atoms with Crippen LogP contribution in [-0.4, -0.2) is 33.5 Å². The molecule has 1 aliphatic heterocycles. The van der Waals surface area contributed by atoms with Crippen LogP contribution < -0.4 is 0 Å². The summed E-state index contributed by atoms with van der Waals surface area (Å²) < 4.78 is 5.35. The zero-order valence-corrected chi connectivity index (χ0v) is 9.77. The van der Waals surface area contributed by atoms with Crippen LogP contribution in [0.2, 0.25) is 0 Å². The zero-order valence-electron chi connectivity index (χ0n) is 9.77. The van der Waals surface area contributed by atoms with E-state index in [0.717, 1.165) is 19.4 Å². The Morgan fingerprint density at radius 3 is 3.00 bits per heavy atom. The molecule has 0 aromatic carbocycles. The van der Waals surface area contributed by atoms with E-state index < -0.39 is 0 Å². The summed E-state index contributed by atoms with van der Waals surface area (Å²) >= 11 is 0. The lowest BCUT2D eigenvalue weighted by atomic mass is 10.1. The molecule has 0 spiro atoms. The maximum absolute atomic E-state index is 11.1. The molecule has 0 aliphatic carbocycles. The highest BCUT2D eigenvalue weighted by atomic mass is 16.4. The van der Waals surface area contributed by atoms with Crippen molar-refractivity contribution in [3.05, 3.63) is 11.8 Å². The predicted octanol–water partition coefficient (Wildman–Crippen LogP) is 1.32. The molecule has 0 saturated carbocycles. The molecule has 5 nitrogen and oxygen atoms in total. The van der Waals surface area contributed by atoms with Gasteiger partial charge in [0.25, 0.3) is 0 Å². The molecule has 1 atom stereocenters. The summed E-state index contributed by atoms with van der Waals surface area (Å²) in [5.41, 5.74) is 0. The van der Waals surface area contributed by atoms with Crippen LogP contribution in [0.3, 0.4) is 0 Å². The largest absolute Gasteiger partial charge is 0.424 e. The van der Waals surface area contributed by atoms with Gasteiger partial charge < -0.3 is 4.42 Å². The van der Waals surface area contributed by atoms with Crippen LogP contribution in [0.5, 0.6) is 0 Å². The first-order valence-electron chi connectivity index (χ1n) is 5.67. The van der Waals surface area contributed by atoms with Crippen molar-refractivity contribution in [2.75, 3.05) is 6.54 Å². The van der Waals surface area contributed by atoms with Gasteiger partial charge >= 0.3 is 0 Å². The van der Waals surface area contributed by atoms with Gasteiger partial charge in [-0.15, -0.1) is 10.2 Å². The van der Waals surface area contributed by atoms with Crippen LogP contribution in [0, 0.1) is 6.92 Å². The molecule has 0 N–H and O–H groups in total. The summed E-state index contributed by atoms with van der Waals surface area (Å²) in [6, 6.07) is 0.352. The van der Waals surface area contributed by atoms with E-state index in [1.165, 1.54) is 0 Å². The topological polar surface area (TPSA) is 59.2 Å². The molecular weight excluding hydrogens is 206 g/mol. The van der Waals surface area contributed by atoms with E-state index in [4.69, 9.17) is 4.42 Å². The van der Waals surface area contributed by atoms with Crippen LogP contribution in [0.15, 0.2) is 4.42 Å². The minimum Gasteiger partial charge on any atom is -0.424 e. The summed E-state index contributed by atoms with van der Waals surface area (Å²) in [5, 5.41) is 7.78. The van der Waals surface area contributed by atoms with Gasteiger partial charge in [0.05, 0.1) is 6.54 Å². The quantitative estimate of drug-likeness (QED) is 0.770. The van der Waals surface area contributed by atoms with Crippen molar-refractivity contribution < 1.29 is 9.21 Å². The Balaban J connectivity index is 1.95. The fourth-order valence-corrected chi connectivity index (χ4v) is 2.24. The van der Waals surface area contributed by atoms with Gasteiger partial charge in [-0.05, 0) is 26.3 Å². The van der Waals surface area contributed by atoms with Crippen molar-refractivity contribution in [1.29, 1.82) is 0 Å². The van der Waals surface area contributed by atoms with Crippen molar-refractivity contribution >= 4 is 5.78 Å². The molecule has 1 aliphatic rings. The highest BCUT2D eigenvalue weighted by Gasteiger charge is 2.26. The molecule has 0 amide bonds. The van der Waals surface area contributed by atoms with Gasteiger partial charge in [0, 0.05) is 19.4 Å². The summed E-state index contributed by atoms with van der Waals surface area (Å²) in [6.07, 6.45) is 2.87. The SMILES string of the molecule is CC(=O)CC1CCCN1Cc1nnc(C)o1. The lowest BCUT2D eigenvalue weighted by Crippen LogP contribution is -2.30. The zero-order chi connectivity index (χ0) is 11.5. The molecule has 1 aromatic rings. The number of carbonyl (C=O) groups is 1. The third-order valence-corrected chi connectivity index (χ3v) is 2.93. The Hall–Kier alpha value is -1.23. The molecule has 1 unspecified atom stereocenters. The van der Waals surface area contributed by atoms with Gasteiger partial charge in [0.15, 0.2) is 0 Å². The van der Waals surface area contributed by atoms with Crippen molar-refractivity contribution in [2.45, 2.75) is 45.7 Å². The lowest BCUT2D eigenvalue weighted by molar-refractivity contribution is -0.118. The van der Waals surface area contributed by atoms with E-state index in [9.17, 15) is 4.79 Å². The summed E-state index contributed by atoms with van der Waals surface area (Å²) in [7, 11) is 0. The highest BCUT2D eigenvalue weighted by molar-refractivity contribution is 5.76. The van der Waals surface area contributed by atoms with Crippen LogP contribution in [0.4, 0.5) is 0 Å². The number of carbonyl (C=O) groups excluding carboxylic acids is 1. The minimum absolute atomic E-state index is 0.249. The number of hydrogen-bond donors (Lipinski definition) is 0. The number of hydrogen-bond acceptors (Lipinski definition) is 5. The molecule has 5 heteroatoms. The van der Waals surface area contributed by atoms with Crippen molar-refractivity contribution in [3.63, 3.8) is 0 Å². The van der Waals surface area contributed by atoms with E-state index in [1.807, 2.05) is 0 Å². The Kier molecular flexibility index (Phi) is 3.33. The Bertz CT molecular complexity index is 375. The van der Waals surface area contributed by atoms with Crippen LogP contribution in [-0.2, 0) is 11.3 Å². The number of likely N-dealkylation sites (tertiary alicyclic amines) is 1. The van der Waals surface area contributed by atoms with E-state index in [0.29, 0.717) is 30.8 Å². The number of rotatable bonds is 4. The molecular formula is C11H17N3O2. The Morgan fingerprint density at radius 1 is 1.56 bits per heavy atom. The third-order valence-electron chi connectivity index (χ3n) is 2.93. The van der Waals surface area contributed by atoms with Gasteiger partial charge in [0.1, 0.15) is 5.78 Å². The van der Waals surface area contributed by atoms with Crippen molar-refractivity contribution in [2.24, 2.45) is 0 Å². The molecule has 1 fully saturated rings. The van der Waals surface area contributed by atoms with Crippen molar-refractivity contribution in [1.82, 2.24) is 15.1 Å². The molecule has 1 aromatic heterocycles. The van der Waals surface area contributed by atoms with Gasteiger partial charge in [-0.2, -0.15) is 0 Å². The first-order valence-corrected chi connectivity index (χ1v) is 5.67. The van der Waals surface area contributed by atoms with Crippen LogP contribution >= 0.6 is 0 Å². The average molecular weight is 223 g/mol. The fraction of sp³-hybridized carbons (Fsp3) is 0.727. The molecule has 2 heterocycles. The summed E-state index contributed by atoms with van der Waals surface area (Å²) in [4.78, 5) is 13.4. The van der Waals surface area contributed by atoms with Gasteiger partial charge in [-0.25, -0.2) is 0 Å². The van der Waals surface area contributed by atoms with Gasteiger partial charge in [-0.3, -0.25) is 9.69 Å². The molecule has 88 valence electrons. The monoisotopic (exact) mass is 223 g/mol. The lowest BCUT2D eigenvalue weighted by Gasteiger charge is -2.21. The van der Waals surface area contributed by atoms with E-state index in [-0.39, 0.29) is 5.78 Å². The maximum atomic E-state index is 11.1. The van der Waals surface area contributed by atoms with E-state index in [2.05, 4.69) is 15.1 Å².